The molecule has 1 unspecified atom stereocenters. The highest BCUT2D eigenvalue weighted by molar-refractivity contribution is 5.85. The highest BCUT2D eigenvalue weighted by Gasteiger charge is 2.34. The van der Waals surface area contributed by atoms with Crippen LogP contribution in [-0.4, -0.2) is 30.6 Å². The van der Waals surface area contributed by atoms with Gasteiger partial charge in [-0.1, -0.05) is 42.5 Å². The minimum absolute atomic E-state index is 0.441. The molecule has 3 aliphatic heterocycles. The van der Waals surface area contributed by atoms with Crippen LogP contribution in [0.5, 0.6) is 0 Å². The first-order valence-corrected chi connectivity index (χ1v) is 7.71. The fourth-order valence-electron chi connectivity index (χ4n) is 3.71. The highest BCUT2D eigenvalue weighted by Crippen LogP contribution is 2.30. The Morgan fingerprint density at radius 3 is 2.60 bits per heavy atom. The lowest BCUT2D eigenvalue weighted by atomic mass is 9.86. The number of piperidine rings is 3. The minimum Gasteiger partial charge on any atom is -0.372 e. The van der Waals surface area contributed by atoms with E-state index in [9.17, 15) is 0 Å². The average molecular weight is 267 g/mol. The molecule has 20 heavy (non-hydrogen) atoms. The molecule has 5 rings (SSSR count). The van der Waals surface area contributed by atoms with Gasteiger partial charge in [-0.25, -0.2) is 0 Å². The number of hydrogen-bond acceptors (Lipinski definition) is 2. The molecular formula is C18H21NO. The lowest BCUT2D eigenvalue weighted by Crippen LogP contribution is -2.51. The van der Waals surface area contributed by atoms with Gasteiger partial charge in [0.2, 0.25) is 0 Å². The van der Waals surface area contributed by atoms with E-state index in [0.29, 0.717) is 6.10 Å². The third kappa shape index (κ3) is 2.23. The topological polar surface area (TPSA) is 12.5 Å². The van der Waals surface area contributed by atoms with Gasteiger partial charge in [-0.15, -0.1) is 0 Å². The van der Waals surface area contributed by atoms with E-state index in [2.05, 4.69) is 47.4 Å². The first-order valence-electron chi connectivity index (χ1n) is 7.71. The third-order valence-corrected chi connectivity index (χ3v) is 4.93. The summed E-state index contributed by atoms with van der Waals surface area (Å²) >= 11 is 0. The number of benzene rings is 2. The first-order chi connectivity index (χ1) is 9.90. The molecule has 0 N–H and O–H groups in total. The molecule has 0 spiro atoms. The first kappa shape index (κ1) is 12.4. The predicted molar refractivity (Wildman–Crippen MR) is 81.7 cm³/mol. The van der Waals surface area contributed by atoms with Crippen LogP contribution in [0.1, 0.15) is 18.4 Å². The van der Waals surface area contributed by atoms with Crippen molar-refractivity contribution in [1.29, 1.82) is 0 Å². The lowest BCUT2D eigenvalue weighted by Gasteiger charge is -2.44. The Bertz CT molecular complexity index is 596. The molecule has 1 atom stereocenters. The summed E-state index contributed by atoms with van der Waals surface area (Å²) < 4.78 is 6.27. The molecule has 2 heteroatoms. The highest BCUT2D eigenvalue weighted by atomic mass is 16.5. The van der Waals surface area contributed by atoms with Crippen LogP contribution < -0.4 is 0 Å². The standard InChI is InChI=1S/C18H21NO/c1-2-7-17-14(4-1)5-3-6-16(17)13-20-18-12-19-10-8-15(18)9-11-19/h1-7,15,18H,8-13H2. The Labute approximate surface area is 120 Å². The molecule has 0 aliphatic carbocycles. The van der Waals surface area contributed by atoms with Crippen molar-refractivity contribution in [2.45, 2.75) is 25.6 Å². The van der Waals surface area contributed by atoms with E-state index in [1.54, 1.807) is 0 Å². The van der Waals surface area contributed by atoms with Gasteiger partial charge in [-0.2, -0.15) is 0 Å². The molecule has 3 fully saturated rings. The largest absolute Gasteiger partial charge is 0.372 e. The van der Waals surface area contributed by atoms with Gasteiger partial charge in [0.1, 0.15) is 0 Å². The van der Waals surface area contributed by atoms with Gasteiger partial charge in [-0.05, 0) is 48.2 Å². The van der Waals surface area contributed by atoms with Crippen molar-refractivity contribution in [2.24, 2.45) is 5.92 Å². The van der Waals surface area contributed by atoms with Gasteiger partial charge in [0.15, 0.2) is 0 Å². The summed E-state index contributed by atoms with van der Waals surface area (Å²) in [6.45, 7) is 4.43. The second kappa shape index (κ2) is 5.19. The monoisotopic (exact) mass is 267 g/mol. The Hall–Kier alpha value is -1.38. The van der Waals surface area contributed by atoms with Crippen LogP contribution in [0.2, 0.25) is 0 Å². The molecule has 2 bridgehead atoms. The number of hydrogen-bond donors (Lipinski definition) is 0. The van der Waals surface area contributed by atoms with E-state index in [1.807, 2.05) is 0 Å². The molecule has 2 aromatic rings. The third-order valence-electron chi connectivity index (χ3n) is 4.93. The van der Waals surface area contributed by atoms with Crippen molar-refractivity contribution in [3.8, 4) is 0 Å². The SMILES string of the molecule is c1ccc2c(COC3CN4CCC3CC4)cccc2c1. The molecule has 3 saturated heterocycles. The number of ether oxygens (including phenoxy) is 1. The maximum atomic E-state index is 6.27. The molecule has 2 aromatic carbocycles. The second-order valence-corrected chi connectivity index (χ2v) is 6.13. The van der Waals surface area contributed by atoms with Crippen LogP contribution in [0.15, 0.2) is 42.5 Å². The van der Waals surface area contributed by atoms with Gasteiger partial charge < -0.3 is 9.64 Å². The fraction of sp³-hybridized carbons (Fsp3) is 0.444. The Balaban J connectivity index is 1.51. The molecular weight excluding hydrogens is 246 g/mol. The molecule has 0 radical (unpaired) electrons. The molecule has 2 nitrogen and oxygen atoms in total. The fourth-order valence-corrected chi connectivity index (χ4v) is 3.71. The Morgan fingerprint density at radius 2 is 1.80 bits per heavy atom. The summed E-state index contributed by atoms with van der Waals surface area (Å²) in [5, 5.41) is 2.64. The van der Waals surface area contributed by atoms with Gasteiger partial charge in [-0.3, -0.25) is 0 Å². The lowest BCUT2D eigenvalue weighted by molar-refractivity contribution is -0.0763. The molecule has 0 saturated carbocycles. The summed E-state index contributed by atoms with van der Waals surface area (Å²) in [4.78, 5) is 2.55. The van der Waals surface area contributed by atoms with E-state index in [0.717, 1.165) is 19.1 Å². The van der Waals surface area contributed by atoms with E-state index >= 15 is 0 Å². The van der Waals surface area contributed by atoms with Crippen LogP contribution in [-0.2, 0) is 11.3 Å². The van der Waals surface area contributed by atoms with Gasteiger partial charge in [0, 0.05) is 6.54 Å². The maximum Gasteiger partial charge on any atom is 0.0735 e. The smallest absolute Gasteiger partial charge is 0.0735 e. The van der Waals surface area contributed by atoms with Crippen LogP contribution in [0.4, 0.5) is 0 Å². The number of fused-ring (bicyclic) bond motifs is 4. The van der Waals surface area contributed by atoms with E-state index in [4.69, 9.17) is 4.74 Å². The molecule has 104 valence electrons. The quantitative estimate of drug-likeness (QED) is 0.844. The maximum absolute atomic E-state index is 6.27. The zero-order chi connectivity index (χ0) is 13.4. The number of nitrogens with zero attached hydrogens (tertiary/aromatic N) is 1. The van der Waals surface area contributed by atoms with E-state index in [-0.39, 0.29) is 0 Å². The Kier molecular flexibility index (Phi) is 3.21. The average Bonchev–Trinajstić information content (AvgIpc) is 2.54. The van der Waals surface area contributed by atoms with E-state index < -0.39 is 0 Å². The van der Waals surface area contributed by atoms with Crippen LogP contribution in [0.3, 0.4) is 0 Å². The summed E-state index contributed by atoms with van der Waals surface area (Å²) in [7, 11) is 0. The predicted octanol–water partition coefficient (Wildman–Crippen LogP) is 3.45. The molecule has 0 amide bonds. The minimum atomic E-state index is 0.441. The van der Waals surface area contributed by atoms with Crippen LogP contribution in [0, 0.1) is 5.92 Å². The summed E-state index contributed by atoms with van der Waals surface area (Å²) in [5.74, 6) is 0.787. The van der Waals surface area contributed by atoms with Gasteiger partial charge in [0.25, 0.3) is 0 Å². The van der Waals surface area contributed by atoms with Crippen molar-refractivity contribution >= 4 is 10.8 Å². The summed E-state index contributed by atoms with van der Waals surface area (Å²) in [6, 6.07) is 15.1. The second-order valence-electron chi connectivity index (χ2n) is 6.13. The van der Waals surface area contributed by atoms with Crippen LogP contribution >= 0.6 is 0 Å². The van der Waals surface area contributed by atoms with Gasteiger partial charge >= 0.3 is 0 Å². The van der Waals surface area contributed by atoms with Crippen molar-refractivity contribution in [3.05, 3.63) is 48.0 Å². The van der Waals surface area contributed by atoms with Crippen molar-refractivity contribution < 1.29 is 4.74 Å². The zero-order valence-corrected chi connectivity index (χ0v) is 11.8. The van der Waals surface area contributed by atoms with Gasteiger partial charge in [0.05, 0.1) is 12.7 Å². The summed E-state index contributed by atoms with van der Waals surface area (Å²) in [6.07, 6.45) is 3.08. The molecule has 0 aromatic heterocycles. The zero-order valence-electron chi connectivity index (χ0n) is 11.8. The summed E-state index contributed by atoms with van der Waals surface area (Å²) in [5.41, 5.74) is 1.32. The van der Waals surface area contributed by atoms with Crippen molar-refractivity contribution in [1.82, 2.24) is 4.90 Å². The van der Waals surface area contributed by atoms with Crippen molar-refractivity contribution in [2.75, 3.05) is 19.6 Å². The number of rotatable bonds is 3. The van der Waals surface area contributed by atoms with Crippen molar-refractivity contribution in [3.63, 3.8) is 0 Å². The van der Waals surface area contributed by atoms with E-state index in [1.165, 1.54) is 42.3 Å². The normalized spacial score (nSPS) is 28.9. The molecule has 3 heterocycles. The molecule has 3 aliphatic rings. The Morgan fingerprint density at radius 1 is 1.00 bits per heavy atom. The van der Waals surface area contributed by atoms with Crippen LogP contribution in [0.25, 0.3) is 10.8 Å².